The van der Waals surface area contributed by atoms with Crippen molar-refractivity contribution in [2.75, 3.05) is 12.8 Å². The van der Waals surface area contributed by atoms with Crippen molar-refractivity contribution in [2.45, 2.75) is 71.4 Å². The molecular formula is C31H47N5OS2. The zero-order chi connectivity index (χ0) is 28.9. The van der Waals surface area contributed by atoms with Crippen LogP contribution in [0.2, 0.25) is 0 Å². The molecule has 0 amide bonds. The van der Waals surface area contributed by atoms with Crippen LogP contribution in [0.1, 0.15) is 70.1 Å². The van der Waals surface area contributed by atoms with Gasteiger partial charge in [0.15, 0.2) is 11.2 Å². The Hall–Kier alpha value is -2.52. The summed E-state index contributed by atoms with van der Waals surface area (Å²) in [4.78, 5) is 4.40. The maximum atomic E-state index is 13.0. The number of rotatable bonds is 10. The number of pyridine rings is 1. The van der Waals surface area contributed by atoms with Gasteiger partial charge in [0, 0.05) is 36.9 Å². The lowest BCUT2D eigenvalue weighted by atomic mass is 9.84. The third-order valence-electron chi connectivity index (χ3n) is 6.11. The number of nitrogens with zero attached hydrogens (tertiary/aromatic N) is 3. The second-order valence-corrected chi connectivity index (χ2v) is 9.86. The molecule has 1 unspecified atom stereocenters. The second kappa shape index (κ2) is 21.3. The molecule has 214 valence electrons. The van der Waals surface area contributed by atoms with Crippen LogP contribution >= 0.6 is 12.6 Å². The summed E-state index contributed by atoms with van der Waals surface area (Å²) < 4.78 is 18.4. The molecule has 1 aromatic carbocycles. The molecule has 1 fully saturated rings. The van der Waals surface area contributed by atoms with Crippen molar-refractivity contribution in [3.63, 3.8) is 0 Å². The van der Waals surface area contributed by atoms with Crippen LogP contribution in [0.3, 0.4) is 0 Å². The van der Waals surface area contributed by atoms with Crippen LogP contribution in [0.5, 0.6) is 0 Å². The van der Waals surface area contributed by atoms with Gasteiger partial charge in [-0.05, 0) is 62.1 Å². The molecule has 1 atom stereocenters. The largest absolute Gasteiger partial charge is 0.282 e. The number of hydrogen-bond acceptors (Lipinski definition) is 4. The van der Waals surface area contributed by atoms with Gasteiger partial charge in [0.2, 0.25) is 0 Å². The molecule has 8 heteroatoms. The molecule has 3 aromatic rings. The van der Waals surface area contributed by atoms with Crippen molar-refractivity contribution in [1.82, 2.24) is 24.2 Å². The Bertz CT molecular complexity index is 1050. The predicted octanol–water partition coefficient (Wildman–Crippen LogP) is 7.51. The first kappa shape index (κ1) is 34.5. The van der Waals surface area contributed by atoms with Crippen molar-refractivity contribution in [3.05, 3.63) is 97.4 Å². The highest BCUT2D eigenvalue weighted by Gasteiger charge is 2.30. The predicted molar refractivity (Wildman–Crippen MR) is 172 cm³/mol. The van der Waals surface area contributed by atoms with E-state index in [1.165, 1.54) is 11.3 Å². The highest BCUT2D eigenvalue weighted by molar-refractivity contribution is 7.80. The van der Waals surface area contributed by atoms with Gasteiger partial charge in [-0.3, -0.25) is 10.1 Å². The number of thiol groups is 1. The molecule has 1 saturated carbocycles. The molecule has 0 aliphatic heterocycles. The highest BCUT2D eigenvalue weighted by Crippen LogP contribution is 2.35. The molecule has 39 heavy (non-hydrogen) atoms. The van der Waals surface area contributed by atoms with E-state index >= 15 is 0 Å². The Morgan fingerprint density at radius 3 is 2.23 bits per heavy atom. The average Bonchev–Trinajstić information content (AvgIpc) is 3.52. The molecule has 4 rings (SSSR count). The summed E-state index contributed by atoms with van der Waals surface area (Å²) in [6.07, 6.45) is 11.9. The minimum Gasteiger partial charge on any atom is -0.282 e. The van der Waals surface area contributed by atoms with Gasteiger partial charge in [-0.1, -0.05) is 82.5 Å². The summed E-state index contributed by atoms with van der Waals surface area (Å²) in [7, 11) is 0. The van der Waals surface area contributed by atoms with Crippen molar-refractivity contribution in [3.8, 4) is 11.4 Å². The summed E-state index contributed by atoms with van der Waals surface area (Å²) in [5, 5.41) is 7.71. The zero-order valence-corrected chi connectivity index (χ0v) is 25.8. The Morgan fingerprint density at radius 1 is 1.03 bits per heavy atom. The van der Waals surface area contributed by atoms with Crippen LogP contribution in [0.4, 0.5) is 0 Å². The Balaban J connectivity index is 0.000000856. The van der Waals surface area contributed by atoms with Crippen molar-refractivity contribution in [1.29, 1.82) is 0 Å². The van der Waals surface area contributed by atoms with Gasteiger partial charge in [0.1, 0.15) is 5.69 Å². The van der Waals surface area contributed by atoms with Gasteiger partial charge >= 0.3 is 0 Å². The first-order valence-electron chi connectivity index (χ1n) is 13.8. The first-order chi connectivity index (χ1) is 19.2. The molecule has 2 heterocycles. The standard InChI is InChI=1S/C24H31N5OS.C4H6.C2H6.CH4S/c1-2-15-26-31(30)29(18-19-8-4-3-5-9-19)21-13-11-20(12-14-21)23-17-24(28-27-23)22-10-6-7-16-25-22;1-3-4-2;2*1-2/h3-10,16-17,20-21,26H,2,11-15,18H2,1H3,(H,27,28);3-4H,1-2H2;1-2H3;2H,1H3. The van der Waals surface area contributed by atoms with Gasteiger partial charge in [-0.25, -0.2) is 13.2 Å². The molecule has 0 saturated heterocycles. The normalized spacial score (nSPS) is 16.8. The maximum Gasteiger partial charge on any atom is 0.170 e. The van der Waals surface area contributed by atoms with Gasteiger partial charge < -0.3 is 0 Å². The van der Waals surface area contributed by atoms with E-state index in [-0.39, 0.29) is 0 Å². The Labute approximate surface area is 244 Å². The number of H-pyrrole nitrogens is 1. The minimum absolute atomic E-state index is 0.305. The van der Waals surface area contributed by atoms with Crippen molar-refractivity contribution < 1.29 is 4.21 Å². The van der Waals surface area contributed by atoms with E-state index in [2.05, 4.69) is 75.1 Å². The van der Waals surface area contributed by atoms with E-state index in [0.717, 1.165) is 50.0 Å². The third-order valence-corrected chi connectivity index (χ3v) is 7.41. The zero-order valence-electron chi connectivity index (χ0n) is 24.1. The SMILES string of the molecule is C=CC=C.CC.CCCNS(=O)N(Cc1ccccc1)C1CCC(c2cc(-c3ccccn3)n[nH]2)CC1.CS. The number of aromatic nitrogens is 3. The molecule has 2 N–H and O–H groups in total. The second-order valence-electron chi connectivity index (χ2n) is 8.60. The molecular weight excluding hydrogens is 523 g/mol. The summed E-state index contributed by atoms with van der Waals surface area (Å²) >= 11 is 2.35. The van der Waals surface area contributed by atoms with Gasteiger partial charge in [-0.15, -0.1) is 0 Å². The van der Waals surface area contributed by atoms with Crippen LogP contribution in [0.25, 0.3) is 11.4 Å². The number of aromatic amines is 1. The fraction of sp³-hybridized carbons (Fsp3) is 0.419. The van der Waals surface area contributed by atoms with Gasteiger partial charge in [-0.2, -0.15) is 17.7 Å². The fourth-order valence-corrected chi connectivity index (χ4v) is 5.52. The van der Waals surface area contributed by atoms with Crippen LogP contribution in [0, 0.1) is 0 Å². The van der Waals surface area contributed by atoms with E-state index in [1.54, 1.807) is 24.6 Å². The Morgan fingerprint density at radius 2 is 1.67 bits per heavy atom. The number of benzene rings is 1. The molecule has 0 bridgehead atoms. The number of nitrogens with one attached hydrogen (secondary N) is 2. The first-order valence-corrected chi connectivity index (χ1v) is 15.8. The monoisotopic (exact) mass is 569 g/mol. The lowest BCUT2D eigenvalue weighted by Crippen LogP contribution is -2.43. The van der Waals surface area contributed by atoms with Crippen molar-refractivity contribution in [2.24, 2.45) is 0 Å². The number of allylic oxidation sites excluding steroid dienone is 2. The molecule has 0 spiro atoms. The van der Waals surface area contributed by atoms with Gasteiger partial charge in [0.25, 0.3) is 0 Å². The van der Waals surface area contributed by atoms with Crippen molar-refractivity contribution >= 4 is 23.8 Å². The quantitative estimate of drug-likeness (QED) is 0.175. The Kier molecular flexibility index (Phi) is 18.9. The highest BCUT2D eigenvalue weighted by atomic mass is 32.2. The third kappa shape index (κ3) is 12.0. The molecule has 6 nitrogen and oxygen atoms in total. The smallest absolute Gasteiger partial charge is 0.170 e. The lowest BCUT2D eigenvalue weighted by molar-refractivity contribution is 0.240. The minimum atomic E-state index is -1.18. The summed E-state index contributed by atoms with van der Waals surface area (Å²) in [6, 6.07) is 18.7. The maximum absolute atomic E-state index is 13.0. The van der Waals surface area contributed by atoms with Crippen LogP contribution in [-0.2, 0) is 17.7 Å². The molecule has 2 aromatic heterocycles. The average molecular weight is 570 g/mol. The molecule has 1 aliphatic rings. The lowest BCUT2D eigenvalue weighted by Gasteiger charge is -2.35. The topological polar surface area (TPSA) is 73.9 Å². The van der Waals surface area contributed by atoms with E-state index in [9.17, 15) is 4.21 Å². The van der Waals surface area contributed by atoms with Gasteiger partial charge in [0.05, 0.1) is 5.69 Å². The van der Waals surface area contributed by atoms with E-state index < -0.39 is 11.2 Å². The summed E-state index contributed by atoms with van der Waals surface area (Å²) in [6.45, 7) is 14.3. The van der Waals surface area contributed by atoms with E-state index in [0.29, 0.717) is 18.5 Å². The number of hydrogen-bond donors (Lipinski definition) is 3. The van der Waals surface area contributed by atoms with E-state index in [4.69, 9.17) is 0 Å². The van der Waals surface area contributed by atoms with Crippen LogP contribution in [-0.4, -0.2) is 42.5 Å². The van der Waals surface area contributed by atoms with E-state index in [1.807, 2.05) is 50.2 Å². The molecule has 0 radical (unpaired) electrons. The fourth-order valence-electron chi connectivity index (χ4n) is 4.22. The molecule has 1 aliphatic carbocycles. The summed E-state index contributed by atoms with van der Waals surface area (Å²) in [5.41, 5.74) is 4.17. The van der Waals surface area contributed by atoms with Crippen LogP contribution in [0.15, 0.2) is 86.1 Å². The van der Waals surface area contributed by atoms with Crippen LogP contribution < -0.4 is 4.72 Å². The summed E-state index contributed by atoms with van der Waals surface area (Å²) in [5.74, 6) is 0.455.